The third-order valence-electron chi connectivity index (χ3n) is 4.78. The third kappa shape index (κ3) is 2.61. The Balaban J connectivity index is 1.84. The molecule has 0 aliphatic carbocycles. The van der Waals surface area contributed by atoms with E-state index in [2.05, 4.69) is 11.1 Å². The van der Waals surface area contributed by atoms with Crippen molar-refractivity contribution in [1.29, 1.82) is 0 Å². The van der Waals surface area contributed by atoms with Gasteiger partial charge in [0.25, 0.3) is 5.56 Å². The summed E-state index contributed by atoms with van der Waals surface area (Å²) < 4.78 is 2.56. The zero-order valence-corrected chi connectivity index (χ0v) is 16.6. The number of nitrogens with one attached hydrogen (secondary N) is 1. The molecule has 0 saturated heterocycles. The van der Waals surface area contributed by atoms with Gasteiger partial charge in [-0.05, 0) is 42.9 Å². The minimum atomic E-state index is -0.117. The minimum absolute atomic E-state index is 0.117. The number of aromatic amines is 1. The van der Waals surface area contributed by atoms with Gasteiger partial charge in [-0.15, -0.1) is 11.3 Å². The normalized spacial score (nSPS) is 11.3. The number of aromatic nitrogens is 3. The highest BCUT2D eigenvalue weighted by molar-refractivity contribution is 7.71. The van der Waals surface area contributed by atoms with Crippen LogP contribution in [0.15, 0.2) is 71.5 Å². The number of aryl methyl sites for hydroxylation is 1. The molecule has 0 saturated carbocycles. The van der Waals surface area contributed by atoms with Crippen molar-refractivity contribution in [2.45, 2.75) is 6.92 Å². The lowest BCUT2D eigenvalue weighted by molar-refractivity contribution is 0.944. The van der Waals surface area contributed by atoms with Crippen molar-refractivity contribution < 1.29 is 0 Å². The van der Waals surface area contributed by atoms with E-state index in [0.717, 1.165) is 38.2 Å². The van der Waals surface area contributed by atoms with E-state index in [4.69, 9.17) is 17.2 Å². The number of hydrogen-bond donors (Lipinski definition) is 1. The molecule has 6 heteroatoms. The van der Waals surface area contributed by atoms with Crippen LogP contribution in [0.1, 0.15) is 5.56 Å². The van der Waals surface area contributed by atoms with Crippen LogP contribution in [-0.2, 0) is 0 Å². The van der Waals surface area contributed by atoms with E-state index in [-0.39, 0.29) is 5.56 Å². The molecule has 0 aliphatic rings. The predicted molar refractivity (Wildman–Crippen MR) is 118 cm³/mol. The fraction of sp³-hybridized carbons (Fsp3) is 0.0455. The van der Waals surface area contributed by atoms with Gasteiger partial charge in [0.05, 0.1) is 16.9 Å². The number of para-hydroxylation sites is 1. The van der Waals surface area contributed by atoms with Crippen LogP contribution >= 0.6 is 23.6 Å². The number of pyridine rings is 1. The van der Waals surface area contributed by atoms with E-state index in [0.29, 0.717) is 9.47 Å². The second-order valence-corrected chi connectivity index (χ2v) is 7.97. The first-order valence-electron chi connectivity index (χ1n) is 8.83. The fourth-order valence-corrected chi connectivity index (χ4v) is 4.90. The molecule has 0 amide bonds. The minimum Gasteiger partial charge on any atom is -0.330 e. The van der Waals surface area contributed by atoms with Gasteiger partial charge in [-0.2, -0.15) is 0 Å². The SMILES string of the molecule is Cc1cc(-c2ccccc2)nc2sc3c(=O)n(-c4ccccc4)c(=S)[nH]c3c12. The Kier molecular flexibility index (Phi) is 3.96. The summed E-state index contributed by atoms with van der Waals surface area (Å²) in [6, 6.07) is 21.6. The molecular weight excluding hydrogens is 386 g/mol. The lowest BCUT2D eigenvalue weighted by atomic mass is 10.1. The lowest BCUT2D eigenvalue weighted by Gasteiger charge is -2.06. The van der Waals surface area contributed by atoms with Gasteiger partial charge in [0.15, 0.2) is 4.77 Å². The summed E-state index contributed by atoms with van der Waals surface area (Å²) in [4.78, 5) is 22.2. The Hall–Kier alpha value is -3.09. The molecule has 4 nitrogen and oxygen atoms in total. The largest absolute Gasteiger partial charge is 0.330 e. The second kappa shape index (κ2) is 6.51. The summed E-state index contributed by atoms with van der Waals surface area (Å²) in [7, 11) is 0. The molecule has 0 unspecified atom stereocenters. The molecule has 0 atom stereocenters. The van der Waals surface area contributed by atoms with Crippen LogP contribution in [0.2, 0.25) is 0 Å². The molecule has 0 aliphatic heterocycles. The first-order chi connectivity index (χ1) is 13.6. The van der Waals surface area contributed by atoms with Crippen molar-refractivity contribution in [3.63, 3.8) is 0 Å². The van der Waals surface area contributed by atoms with Crippen molar-refractivity contribution in [3.8, 4) is 16.9 Å². The van der Waals surface area contributed by atoms with E-state index >= 15 is 0 Å². The summed E-state index contributed by atoms with van der Waals surface area (Å²) in [6.45, 7) is 2.04. The van der Waals surface area contributed by atoms with Crippen molar-refractivity contribution in [1.82, 2.24) is 14.5 Å². The van der Waals surface area contributed by atoms with Crippen molar-refractivity contribution in [2.75, 3.05) is 0 Å². The quantitative estimate of drug-likeness (QED) is 0.390. The maximum absolute atomic E-state index is 13.2. The monoisotopic (exact) mass is 401 g/mol. The molecule has 1 N–H and O–H groups in total. The third-order valence-corrected chi connectivity index (χ3v) is 6.13. The highest BCUT2D eigenvalue weighted by Crippen LogP contribution is 2.34. The van der Waals surface area contributed by atoms with Gasteiger partial charge in [-0.1, -0.05) is 48.5 Å². The van der Waals surface area contributed by atoms with Crippen molar-refractivity contribution in [3.05, 3.63) is 87.4 Å². The van der Waals surface area contributed by atoms with Gasteiger partial charge in [0, 0.05) is 10.9 Å². The summed E-state index contributed by atoms with van der Waals surface area (Å²) in [5, 5.41) is 0.961. The van der Waals surface area contributed by atoms with Gasteiger partial charge in [0.2, 0.25) is 0 Å². The first kappa shape index (κ1) is 17.0. The molecule has 3 aromatic heterocycles. The zero-order chi connectivity index (χ0) is 19.3. The molecule has 5 aromatic rings. The van der Waals surface area contributed by atoms with Crippen molar-refractivity contribution in [2.24, 2.45) is 0 Å². The number of thiophene rings is 1. The van der Waals surface area contributed by atoms with E-state index in [9.17, 15) is 4.79 Å². The van der Waals surface area contributed by atoms with Crippen LogP contribution in [0.5, 0.6) is 0 Å². The second-order valence-electron chi connectivity index (χ2n) is 6.58. The maximum Gasteiger partial charge on any atom is 0.276 e. The van der Waals surface area contributed by atoms with Gasteiger partial charge in [0.1, 0.15) is 9.53 Å². The molecule has 2 aromatic carbocycles. The lowest BCUT2D eigenvalue weighted by Crippen LogP contribution is -2.19. The summed E-state index contributed by atoms with van der Waals surface area (Å²) in [6.07, 6.45) is 0. The highest BCUT2D eigenvalue weighted by atomic mass is 32.1. The van der Waals surface area contributed by atoms with Crippen LogP contribution in [0.3, 0.4) is 0 Å². The zero-order valence-electron chi connectivity index (χ0n) is 15.0. The number of rotatable bonds is 2. The van der Waals surface area contributed by atoms with Crippen LogP contribution in [0, 0.1) is 11.7 Å². The smallest absolute Gasteiger partial charge is 0.276 e. The number of nitrogens with zero attached hydrogens (tertiary/aromatic N) is 2. The molecule has 136 valence electrons. The van der Waals surface area contributed by atoms with Crippen LogP contribution in [0.25, 0.3) is 37.4 Å². The molecule has 0 fully saturated rings. The maximum atomic E-state index is 13.2. The number of benzene rings is 2. The Labute approximate surface area is 169 Å². The predicted octanol–water partition coefficient (Wildman–Crippen LogP) is 5.63. The Morgan fingerprint density at radius 2 is 1.71 bits per heavy atom. The molecule has 28 heavy (non-hydrogen) atoms. The topological polar surface area (TPSA) is 50.7 Å². The molecule has 0 bridgehead atoms. The van der Waals surface area contributed by atoms with E-state index < -0.39 is 0 Å². The number of hydrogen-bond acceptors (Lipinski definition) is 4. The average molecular weight is 402 g/mol. The van der Waals surface area contributed by atoms with E-state index in [1.54, 1.807) is 4.57 Å². The molecular formula is C22H15N3OS2. The van der Waals surface area contributed by atoms with Crippen LogP contribution in [-0.4, -0.2) is 14.5 Å². The number of H-pyrrole nitrogens is 1. The van der Waals surface area contributed by atoms with Gasteiger partial charge >= 0.3 is 0 Å². The van der Waals surface area contributed by atoms with E-state index in [1.807, 2.05) is 67.6 Å². The van der Waals surface area contributed by atoms with E-state index in [1.165, 1.54) is 11.3 Å². The number of fused-ring (bicyclic) bond motifs is 3. The van der Waals surface area contributed by atoms with Crippen molar-refractivity contribution >= 4 is 44.0 Å². The average Bonchev–Trinajstić information content (AvgIpc) is 3.09. The Bertz CT molecular complexity index is 1450. The van der Waals surface area contributed by atoms with Crippen LogP contribution < -0.4 is 5.56 Å². The Morgan fingerprint density at radius 1 is 1.04 bits per heavy atom. The van der Waals surface area contributed by atoms with Gasteiger partial charge in [-0.3, -0.25) is 9.36 Å². The summed E-state index contributed by atoms with van der Waals surface area (Å²) in [5.74, 6) is 0. The fourth-order valence-electron chi connectivity index (χ4n) is 3.48. The highest BCUT2D eigenvalue weighted by Gasteiger charge is 2.16. The molecule has 3 heterocycles. The van der Waals surface area contributed by atoms with Gasteiger partial charge in [-0.25, -0.2) is 4.98 Å². The summed E-state index contributed by atoms with van der Waals surface area (Å²) in [5.41, 5.74) is 4.43. The summed E-state index contributed by atoms with van der Waals surface area (Å²) >= 11 is 6.92. The Morgan fingerprint density at radius 3 is 2.43 bits per heavy atom. The van der Waals surface area contributed by atoms with Crippen LogP contribution in [0.4, 0.5) is 0 Å². The standard InChI is InChI=1S/C22H15N3OS2/c1-13-12-16(14-8-4-2-5-9-14)23-20-17(13)18-19(28-20)21(26)25(22(27)24-18)15-10-6-3-7-11-15/h2-12H,1H3,(H,24,27). The molecule has 0 radical (unpaired) electrons. The molecule has 0 spiro atoms. The van der Waals surface area contributed by atoms with Gasteiger partial charge < -0.3 is 4.98 Å². The first-order valence-corrected chi connectivity index (χ1v) is 10.1. The molecule has 5 rings (SSSR count).